The first-order valence-electron chi connectivity index (χ1n) is 8.57. The predicted octanol–water partition coefficient (Wildman–Crippen LogP) is 5.09. The lowest BCUT2D eigenvalue weighted by Crippen LogP contribution is -2.19. The van der Waals surface area contributed by atoms with Crippen LogP contribution in [0, 0.1) is 12.8 Å². The van der Waals surface area contributed by atoms with Crippen LogP contribution in [0.5, 0.6) is 5.75 Å². The molecule has 0 amide bonds. The molecule has 120 valence electrons. The molecule has 0 unspecified atom stereocenters. The first kappa shape index (κ1) is 18.0. The number of benzene rings is 1. The molecule has 0 aliphatic rings. The van der Waals surface area contributed by atoms with Gasteiger partial charge in [-0.1, -0.05) is 64.7 Å². The van der Waals surface area contributed by atoms with E-state index in [1.807, 2.05) is 0 Å². The van der Waals surface area contributed by atoms with Crippen LogP contribution in [-0.2, 0) is 6.54 Å². The summed E-state index contributed by atoms with van der Waals surface area (Å²) in [6.07, 6.45) is 6.41. The van der Waals surface area contributed by atoms with Gasteiger partial charge < -0.3 is 10.1 Å². The molecule has 0 aliphatic carbocycles. The Bertz CT molecular complexity index is 387. The molecule has 0 aliphatic heterocycles. The van der Waals surface area contributed by atoms with E-state index in [9.17, 15) is 0 Å². The lowest BCUT2D eigenvalue weighted by molar-refractivity contribution is 0.298. The summed E-state index contributed by atoms with van der Waals surface area (Å²) in [5.74, 6) is 1.77. The first-order valence-corrected chi connectivity index (χ1v) is 8.57. The second-order valence-corrected chi connectivity index (χ2v) is 6.35. The van der Waals surface area contributed by atoms with Crippen LogP contribution in [0.15, 0.2) is 18.2 Å². The largest absolute Gasteiger partial charge is 0.493 e. The molecule has 2 heteroatoms. The molecule has 1 aromatic rings. The minimum Gasteiger partial charge on any atom is -0.493 e. The Hall–Kier alpha value is -1.02. The van der Waals surface area contributed by atoms with Gasteiger partial charge in [0, 0.05) is 12.1 Å². The Morgan fingerprint density at radius 3 is 2.57 bits per heavy atom. The lowest BCUT2D eigenvalue weighted by Gasteiger charge is -2.15. The van der Waals surface area contributed by atoms with Crippen LogP contribution in [0.3, 0.4) is 0 Å². The van der Waals surface area contributed by atoms with Gasteiger partial charge in [-0.05, 0) is 31.4 Å². The molecule has 0 bridgehead atoms. The SMILES string of the molecule is CCCCCCCOc1c(C)cccc1CNCC(C)C. The molecule has 0 spiro atoms. The molecule has 0 aromatic heterocycles. The highest BCUT2D eigenvalue weighted by Crippen LogP contribution is 2.23. The summed E-state index contributed by atoms with van der Waals surface area (Å²) in [4.78, 5) is 0. The van der Waals surface area contributed by atoms with Gasteiger partial charge in [0.15, 0.2) is 0 Å². The number of hydrogen-bond acceptors (Lipinski definition) is 2. The molecule has 0 heterocycles. The van der Waals surface area contributed by atoms with Crippen LogP contribution in [-0.4, -0.2) is 13.2 Å². The normalized spacial score (nSPS) is 11.1. The number of unbranched alkanes of at least 4 members (excludes halogenated alkanes) is 4. The Balaban J connectivity index is 2.43. The van der Waals surface area contributed by atoms with E-state index in [1.165, 1.54) is 36.8 Å². The summed E-state index contributed by atoms with van der Waals surface area (Å²) in [7, 11) is 0. The fraction of sp³-hybridized carbons (Fsp3) is 0.684. The lowest BCUT2D eigenvalue weighted by atomic mass is 10.1. The molecule has 2 nitrogen and oxygen atoms in total. The Kier molecular flexibility index (Phi) is 9.16. The van der Waals surface area contributed by atoms with Crippen molar-refractivity contribution in [1.29, 1.82) is 0 Å². The third kappa shape index (κ3) is 7.52. The van der Waals surface area contributed by atoms with Gasteiger partial charge in [-0.25, -0.2) is 0 Å². The zero-order valence-electron chi connectivity index (χ0n) is 14.4. The van der Waals surface area contributed by atoms with Crippen LogP contribution in [0.4, 0.5) is 0 Å². The van der Waals surface area contributed by atoms with Crippen LogP contribution >= 0.6 is 0 Å². The zero-order chi connectivity index (χ0) is 15.5. The van der Waals surface area contributed by atoms with E-state index in [0.29, 0.717) is 5.92 Å². The first-order chi connectivity index (χ1) is 10.1. The van der Waals surface area contributed by atoms with Crippen molar-refractivity contribution in [3.63, 3.8) is 0 Å². The molecular formula is C19H33NO. The number of rotatable bonds is 11. The molecule has 0 radical (unpaired) electrons. The Morgan fingerprint density at radius 2 is 1.86 bits per heavy atom. The van der Waals surface area contributed by atoms with Crippen LogP contribution in [0.1, 0.15) is 64.0 Å². The Morgan fingerprint density at radius 1 is 1.10 bits per heavy atom. The molecule has 1 N–H and O–H groups in total. The maximum atomic E-state index is 6.07. The zero-order valence-corrected chi connectivity index (χ0v) is 14.4. The van der Waals surface area contributed by atoms with Crippen molar-refractivity contribution in [1.82, 2.24) is 5.32 Å². The minimum absolute atomic E-state index is 0.678. The average Bonchev–Trinajstić information content (AvgIpc) is 2.44. The second kappa shape index (κ2) is 10.7. The molecule has 21 heavy (non-hydrogen) atoms. The van der Waals surface area contributed by atoms with E-state index in [1.54, 1.807) is 0 Å². The van der Waals surface area contributed by atoms with Crippen LogP contribution < -0.4 is 10.1 Å². The number of para-hydroxylation sites is 1. The summed E-state index contributed by atoms with van der Waals surface area (Å²) in [5.41, 5.74) is 2.52. The molecule has 0 fully saturated rings. The van der Waals surface area contributed by atoms with Crippen molar-refractivity contribution in [2.75, 3.05) is 13.2 Å². The summed E-state index contributed by atoms with van der Waals surface area (Å²) < 4.78 is 6.07. The highest BCUT2D eigenvalue weighted by Gasteiger charge is 2.07. The van der Waals surface area contributed by atoms with Gasteiger partial charge in [0.05, 0.1) is 6.61 Å². The highest BCUT2D eigenvalue weighted by atomic mass is 16.5. The third-order valence-corrected chi connectivity index (χ3v) is 3.66. The van der Waals surface area contributed by atoms with Crippen molar-refractivity contribution >= 4 is 0 Å². The van der Waals surface area contributed by atoms with Gasteiger partial charge in [0.1, 0.15) is 5.75 Å². The summed E-state index contributed by atoms with van der Waals surface area (Å²) in [6.45, 7) is 11.6. The van der Waals surface area contributed by atoms with Crippen molar-refractivity contribution in [3.8, 4) is 5.75 Å². The summed E-state index contributed by atoms with van der Waals surface area (Å²) in [6, 6.07) is 6.43. The number of ether oxygens (including phenoxy) is 1. The molecular weight excluding hydrogens is 258 g/mol. The standard InChI is InChI=1S/C19H33NO/c1-5-6-7-8-9-13-21-19-17(4)11-10-12-18(19)15-20-14-16(2)3/h10-12,16,20H,5-9,13-15H2,1-4H3. The summed E-state index contributed by atoms with van der Waals surface area (Å²) in [5, 5.41) is 3.51. The number of hydrogen-bond donors (Lipinski definition) is 1. The highest BCUT2D eigenvalue weighted by molar-refractivity contribution is 5.40. The monoisotopic (exact) mass is 291 g/mol. The van der Waals surface area contributed by atoms with E-state index < -0.39 is 0 Å². The molecule has 1 aromatic carbocycles. The minimum atomic E-state index is 0.678. The topological polar surface area (TPSA) is 21.3 Å². The van der Waals surface area contributed by atoms with Gasteiger partial charge in [-0.3, -0.25) is 0 Å². The van der Waals surface area contributed by atoms with E-state index in [0.717, 1.165) is 31.9 Å². The quantitative estimate of drug-likeness (QED) is 0.573. The van der Waals surface area contributed by atoms with Crippen molar-refractivity contribution in [3.05, 3.63) is 29.3 Å². The molecule has 0 saturated heterocycles. The predicted molar refractivity (Wildman–Crippen MR) is 92.0 cm³/mol. The number of aryl methyl sites for hydroxylation is 1. The molecule has 1 rings (SSSR count). The van der Waals surface area contributed by atoms with Gasteiger partial charge in [0.2, 0.25) is 0 Å². The van der Waals surface area contributed by atoms with E-state index in [-0.39, 0.29) is 0 Å². The Labute approximate surface area is 131 Å². The van der Waals surface area contributed by atoms with Crippen LogP contribution in [0.2, 0.25) is 0 Å². The second-order valence-electron chi connectivity index (χ2n) is 6.35. The fourth-order valence-electron chi connectivity index (χ4n) is 2.43. The fourth-order valence-corrected chi connectivity index (χ4v) is 2.43. The van der Waals surface area contributed by atoms with E-state index in [4.69, 9.17) is 4.74 Å². The number of nitrogens with one attached hydrogen (secondary N) is 1. The third-order valence-electron chi connectivity index (χ3n) is 3.66. The van der Waals surface area contributed by atoms with Gasteiger partial charge >= 0.3 is 0 Å². The summed E-state index contributed by atoms with van der Waals surface area (Å²) >= 11 is 0. The van der Waals surface area contributed by atoms with Crippen LogP contribution in [0.25, 0.3) is 0 Å². The van der Waals surface area contributed by atoms with Gasteiger partial charge in [-0.2, -0.15) is 0 Å². The maximum Gasteiger partial charge on any atom is 0.126 e. The van der Waals surface area contributed by atoms with Gasteiger partial charge in [0.25, 0.3) is 0 Å². The average molecular weight is 291 g/mol. The van der Waals surface area contributed by atoms with Crippen molar-refractivity contribution in [2.24, 2.45) is 5.92 Å². The molecule has 0 saturated carbocycles. The maximum absolute atomic E-state index is 6.07. The van der Waals surface area contributed by atoms with Crippen molar-refractivity contribution in [2.45, 2.75) is 66.3 Å². The van der Waals surface area contributed by atoms with Crippen molar-refractivity contribution < 1.29 is 4.74 Å². The van der Waals surface area contributed by atoms with E-state index in [2.05, 4.69) is 51.2 Å². The van der Waals surface area contributed by atoms with E-state index >= 15 is 0 Å². The smallest absolute Gasteiger partial charge is 0.126 e. The van der Waals surface area contributed by atoms with Gasteiger partial charge in [-0.15, -0.1) is 0 Å². The molecule has 0 atom stereocenters.